The first-order valence-corrected chi connectivity index (χ1v) is 6.11. The van der Waals surface area contributed by atoms with Crippen molar-refractivity contribution < 1.29 is 0 Å². The van der Waals surface area contributed by atoms with E-state index in [1.165, 1.54) is 0 Å². The van der Waals surface area contributed by atoms with E-state index in [2.05, 4.69) is 38.8 Å². The fourth-order valence-corrected chi connectivity index (χ4v) is 1.87. The Morgan fingerprint density at radius 3 is 2.72 bits per heavy atom. The third-order valence-corrected chi connectivity index (χ3v) is 3.05. The summed E-state index contributed by atoms with van der Waals surface area (Å²) in [7, 11) is 2.11. The molecule has 0 radical (unpaired) electrons. The lowest BCUT2D eigenvalue weighted by molar-refractivity contribution is 0.244. The standard InChI is InChI=1S/C13H19N5/c1-10(6-12-7-14-4-5-15-12)18(3)9-13-8-16-11(2)17-13/h4-5,7-8,10H,6,9H2,1-3H3,(H,16,17)/t10-/m0/s1. The topological polar surface area (TPSA) is 57.7 Å². The van der Waals surface area contributed by atoms with Gasteiger partial charge in [0, 0.05) is 49.5 Å². The van der Waals surface area contributed by atoms with Crippen LogP contribution in [0.3, 0.4) is 0 Å². The summed E-state index contributed by atoms with van der Waals surface area (Å²) in [5.41, 5.74) is 2.17. The van der Waals surface area contributed by atoms with Gasteiger partial charge in [-0.1, -0.05) is 0 Å². The van der Waals surface area contributed by atoms with Crippen LogP contribution in [-0.2, 0) is 13.0 Å². The fourth-order valence-electron chi connectivity index (χ4n) is 1.87. The normalized spacial score (nSPS) is 12.9. The summed E-state index contributed by atoms with van der Waals surface area (Å²) in [5.74, 6) is 0.958. The van der Waals surface area contributed by atoms with Gasteiger partial charge in [0.1, 0.15) is 5.82 Å². The highest BCUT2D eigenvalue weighted by Crippen LogP contribution is 2.08. The number of likely N-dealkylation sites (N-methyl/N-ethyl adjacent to an activating group) is 1. The summed E-state index contributed by atoms with van der Waals surface area (Å²) >= 11 is 0. The largest absolute Gasteiger partial charge is 0.345 e. The predicted molar refractivity (Wildman–Crippen MR) is 70.0 cm³/mol. The second kappa shape index (κ2) is 5.73. The Balaban J connectivity index is 1.90. The van der Waals surface area contributed by atoms with Crippen LogP contribution >= 0.6 is 0 Å². The van der Waals surface area contributed by atoms with E-state index in [0.717, 1.165) is 30.2 Å². The van der Waals surface area contributed by atoms with Crippen LogP contribution in [0.5, 0.6) is 0 Å². The number of aromatic nitrogens is 4. The molecule has 0 aliphatic heterocycles. The number of imidazole rings is 1. The van der Waals surface area contributed by atoms with Crippen LogP contribution in [0.4, 0.5) is 0 Å². The number of hydrogen-bond donors (Lipinski definition) is 1. The Bertz CT molecular complexity index is 479. The van der Waals surface area contributed by atoms with Crippen molar-refractivity contribution in [3.05, 3.63) is 42.0 Å². The molecule has 0 spiro atoms. The number of nitrogens with zero attached hydrogens (tertiary/aromatic N) is 4. The van der Waals surface area contributed by atoms with Crippen LogP contribution in [0, 0.1) is 6.92 Å². The van der Waals surface area contributed by atoms with Gasteiger partial charge in [-0.15, -0.1) is 0 Å². The summed E-state index contributed by atoms with van der Waals surface area (Å²) in [6, 6.07) is 0.408. The Hall–Kier alpha value is -1.75. The molecule has 1 atom stereocenters. The van der Waals surface area contributed by atoms with E-state index in [-0.39, 0.29) is 0 Å². The Labute approximate surface area is 107 Å². The van der Waals surface area contributed by atoms with Crippen LogP contribution in [0.15, 0.2) is 24.8 Å². The molecule has 0 unspecified atom stereocenters. The summed E-state index contributed by atoms with van der Waals surface area (Å²) < 4.78 is 0. The number of rotatable bonds is 5. The lowest BCUT2D eigenvalue weighted by atomic mass is 10.1. The minimum Gasteiger partial charge on any atom is -0.345 e. The van der Waals surface area contributed by atoms with Crippen molar-refractivity contribution in [1.82, 2.24) is 24.8 Å². The molecule has 0 amide bonds. The van der Waals surface area contributed by atoms with Crippen molar-refractivity contribution >= 4 is 0 Å². The van der Waals surface area contributed by atoms with Gasteiger partial charge in [-0.2, -0.15) is 0 Å². The Kier molecular flexibility index (Phi) is 4.04. The molecule has 5 nitrogen and oxygen atoms in total. The average molecular weight is 245 g/mol. The van der Waals surface area contributed by atoms with E-state index in [1.807, 2.05) is 19.3 Å². The molecule has 2 rings (SSSR count). The van der Waals surface area contributed by atoms with Gasteiger partial charge in [0.25, 0.3) is 0 Å². The SMILES string of the molecule is Cc1ncc(CN(C)[C@@H](C)Cc2cnccn2)[nH]1. The van der Waals surface area contributed by atoms with E-state index in [1.54, 1.807) is 12.4 Å². The van der Waals surface area contributed by atoms with Crippen LogP contribution in [0.25, 0.3) is 0 Å². The smallest absolute Gasteiger partial charge is 0.103 e. The van der Waals surface area contributed by atoms with Gasteiger partial charge in [-0.3, -0.25) is 14.9 Å². The third-order valence-electron chi connectivity index (χ3n) is 3.05. The molecular formula is C13H19N5. The first kappa shape index (κ1) is 12.7. The molecule has 0 saturated heterocycles. The summed E-state index contributed by atoms with van der Waals surface area (Å²) in [5, 5.41) is 0. The zero-order chi connectivity index (χ0) is 13.0. The highest BCUT2D eigenvalue weighted by atomic mass is 15.1. The Morgan fingerprint density at radius 1 is 1.28 bits per heavy atom. The highest BCUT2D eigenvalue weighted by Gasteiger charge is 2.12. The van der Waals surface area contributed by atoms with Crippen molar-refractivity contribution in [3.63, 3.8) is 0 Å². The zero-order valence-electron chi connectivity index (χ0n) is 11.1. The molecular weight excluding hydrogens is 226 g/mol. The van der Waals surface area contributed by atoms with Crippen molar-refractivity contribution in [3.8, 4) is 0 Å². The molecule has 96 valence electrons. The first-order valence-electron chi connectivity index (χ1n) is 6.11. The molecule has 5 heteroatoms. The monoisotopic (exact) mass is 245 g/mol. The summed E-state index contributed by atoms with van der Waals surface area (Å²) in [4.78, 5) is 18.1. The van der Waals surface area contributed by atoms with Gasteiger partial charge in [0.2, 0.25) is 0 Å². The molecule has 0 aromatic carbocycles. The molecule has 2 aromatic rings. The number of hydrogen-bond acceptors (Lipinski definition) is 4. The van der Waals surface area contributed by atoms with Crippen LogP contribution in [0.1, 0.15) is 24.1 Å². The second-order valence-electron chi connectivity index (χ2n) is 4.66. The maximum absolute atomic E-state index is 4.30. The van der Waals surface area contributed by atoms with Gasteiger partial charge in [0.15, 0.2) is 0 Å². The lowest BCUT2D eigenvalue weighted by Crippen LogP contribution is -2.30. The zero-order valence-corrected chi connectivity index (χ0v) is 11.1. The number of H-pyrrole nitrogens is 1. The molecule has 2 aromatic heterocycles. The van der Waals surface area contributed by atoms with E-state index in [9.17, 15) is 0 Å². The second-order valence-corrected chi connectivity index (χ2v) is 4.66. The van der Waals surface area contributed by atoms with Gasteiger partial charge >= 0.3 is 0 Å². The predicted octanol–water partition coefficient (Wildman–Crippen LogP) is 1.57. The average Bonchev–Trinajstić information content (AvgIpc) is 2.76. The number of nitrogens with one attached hydrogen (secondary N) is 1. The van der Waals surface area contributed by atoms with Crippen molar-refractivity contribution in [2.75, 3.05) is 7.05 Å². The van der Waals surface area contributed by atoms with E-state index < -0.39 is 0 Å². The van der Waals surface area contributed by atoms with Gasteiger partial charge in [0.05, 0.1) is 5.69 Å². The van der Waals surface area contributed by atoms with Gasteiger partial charge < -0.3 is 4.98 Å². The number of aryl methyl sites for hydroxylation is 1. The first-order chi connectivity index (χ1) is 8.65. The minimum atomic E-state index is 0.408. The van der Waals surface area contributed by atoms with Gasteiger partial charge in [-0.05, 0) is 20.9 Å². The van der Waals surface area contributed by atoms with E-state index in [0.29, 0.717) is 6.04 Å². The molecule has 0 saturated carbocycles. The molecule has 18 heavy (non-hydrogen) atoms. The fraction of sp³-hybridized carbons (Fsp3) is 0.462. The van der Waals surface area contributed by atoms with E-state index in [4.69, 9.17) is 0 Å². The molecule has 1 N–H and O–H groups in total. The number of aromatic amines is 1. The molecule has 0 fully saturated rings. The Morgan fingerprint density at radius 2 is 2.11 bits per heavy atom. The molecule has 0 aliphatic carbocycles. The maximum Gasteiger partial charge on any atom is 0.103 e. The summed E-state index contributed by atoms with van der Waals surface area (Å²) in [6.45, 7) is 5.02. The summed E-state index contributed by atoms with van der Waals surface area (Å²) in [6.07, 6.45) is 8.05. The molecule has 0 bridgehead atoms. The molecule has 0 aliphatic rings. The van der Waals surface area contributed by atoms with Crippen molar-refractivity contribution in [2.45, 2.75) is 32.9 Å². The van der Waals surface area contributed by atoms with Crippen LogP contribution < -0.4 is 0 Å². The van der Waals surface area contributed by atoms with Crippen LogP contribution in [0.2, 0.25) is 0 Å². The van der Waals surface area contributed by atoms with E-state index >= 15 is 0 Å². The highest BCUT2D eigenvalue weighted by molar-refractivity contribution is 5.01. The minimum absolute atomic E-state index is 0.408. The van der Waals surface area contributed by atoms with Crippen molar-refractivity contribution in [2.24, 2.45) is 0 Å². The molecule has 2 heterocycles. The maximum atomic E-state index is 4.30. The van der Waals surface area contributed by atoms with Gasteiger partial charge in [-0.25, -0.2) is 4.98 Å². The van der Waals surface area contributed by atoms with Crippen molar-refractivity contribution in [1.29, 1.82) is 0 Å². The lowest BCUT2D eigenvalue weighted by Gasteiger charge is -2.23. The van der Waals surface area contributed by atoms with Crippen LogP contribution in [-0.4, -0.2) is 37.9 Å². The quantitative estimate of drug-likeness (QED) is 0.868. The third kappa shape index (κ3) is 3.37.